The number of fused-ring (bicyclic) bond motifs is 2. The van der Waals surface area contributed by atoms with Gasteiger partial charge in [0.25, 0.3) is 0 Å². The fraction of sp³-hybridized carbons (Fsp3) is 0.571. The highest BCUT2D eigenvalue weighted by Crippen LogP contribution is 2.49. The van der Waals surface area contributed by atoms with Crippen molar-refractivity contribution >= 4 is 9.84 Å². The number of halogens is 2. The molecule has 2 atom stereocenters. The van der Waals surface area contributed by atoms with Crippen LogP contribution in [0.4, 0.5) is 8.78 Å². The number of methoxy groups -OCH3 is 1. The van der Waals surface area contributed by atoms with Gasteiger partial charge in [0.1, 0.15) is 5.82 Å². The lowest BCUT2D eigenvalue weighted by atomic mass is 9.85. The second-order valence-corrected chi connectivity index (χ2v) is 8.33. The van der Waals surface area contributed by atoms with Crippen LogP contribution < -0.4 is 4.74 Å². The van der Waals surface area contributed by atoms with Gasteiger partial charge in [0.15, 0.2) is 21.4 Å². The van der Waals surface area contributed by atoms with Crippen molar-refractivity contribution in [2.24, 2.45) is 0 Å². The van der Waals surface area contributed by atoms with Gasteiger partial charge in [0.05, 0.1) is 23.2 Å². The Hall–Kier alpha value is -1.21. The molecule has 3 rings (SSSR count). The SMILES string of the molecule is COc1c(F)cc(F)cc1C1(O)CC2CCC(C1)S2(=O)=O. The first kappa shape index (κ1) is 14.7. The zero-order valence-corrected chi connectivity index (χ0v) is 12.3. The number of hydrogen-bond donors (Lipinski definition) is 1. The first-order valence-corrected chi connectivity index (χ1v) is 8.37. The number of hydrogen-bond acceptors (Lipinski definition) is 4. The van der Waals surface area contributed by atoms with Gasteiger partial charge in [0.2, 0.25) is 0 Å². The third-order valence-corrected chi connectivity index (χ3v) is 7.25. The minimum Gasteiger partial charge on any atom is -0.493 e. The van der Waals surface area contributed by atoms with E-state index in [9.17, 15) is 22.3 Å². The van der Waals surface area contributed by atoms with Gasteiger partial charge in [-0.25, -0.2) is 17.2 Å². The molecule has 0 radical (unpaired) electrons. The molecule has 2 aliphatic rings. The van der Waals surface area contributed by atoms with Gasteiger partial charge in [-0.15, -0.1) is 0 Å². The summed E-state index contributed by atoms with van der Waals surface area (Å²) in [6.07, 6.45) is 0.862. The van der Waals surface area contributed by atoms with Crippen molar-refractivity contribution in [2.45, 2.75) is 41.8 Å². The van der Waals surface area contributed by atoms with Crippen LogP contribution in [-0.4, -0.2) is 31.1 Å². The van der Waals surface area contributed by atoms with E-state index in [1.54, 1.807) is 0 Å². The molecule has 7 heteroatoms. The van der Waals surface area contributed by atoms with Crippen molar-refractivity contribution in [3.05, 3.63) is 29.3 Å². The molecule has 2 unspecified atom stereocenters. The molecule has 2 aliphatic heterocycles. The Morgan fingerprint density at radius 3 is 2.33 bits per heavy atom. The number of benzene rings is 1. The third-order valence-electron chi connectivity index (χ3n) is 4.58. The van der Waals surface area contributed by atoms with Crippen molar-refractivity contribution in [1.82, 2.24) is 0 Å². The standard InChI is InChI=1S/C14H16F2O4S/c1-20-13-11(4-8(15)5-12(13)16)14(17)6-9-2-3-10(7-14)21(9,18)19/h4-5,9-10,17H,2-3,6-7H2,1H3. The number of ether oxygens (including phenoxy) is 1. The van der Waals surface area contributed by atoms with Crippen LogP contribution >= 0.6 is 0 Å². The number of sulfone groups is 1. The first-order valence-electron chi connectivity index (χ1n) is 6.76. The van der Waals surface area contributed by atoms with E-state index in [2.05, 4.69) is 0 Å². The highest BCUT2D eigenvalue weighted by atomic mass is 32.2. The van der Waals surface area contributed by atoms with Crippen molar-refractivity contribution in [3.63, 3.8) is 0 Å². The van der Waals surface area contributed by atoms with Gasteiger partial charge in [-0.3, -0.25) is 0 Å². The van der Waals surface area contributed by atoms with E-state index < -0.39 is 37.6 Å². The summed E-state index contributed by atoms with van der Waals surface area (Å²) in [6.45, 7) is 0. The first-order chi connectivity index (χ1) is 9.78. The highest BCUT2D eigenvalue weighted by Gasteiger charge is 2.54. The molecule has 4 nitrogen and oxygen atoms in total. The molecule has 1 aromatic carbocycles. The van der Waals surface area contributed by atoms with Crippen LogP contribution in [0.15, 0.2) is 12.1 Å². The molecule has 1 aromatic rings. The normalized spacial score (nSPS) is 33.9. The molecular weight excluding hydrogens is 302 g/mol. The Morgan fingerprint density at radius 1 is 1.24 bits per heavy atom. The average Bonchev–Trinajstić information content (AvgIpc) is 2.59. The van der Waals surface area contributed by atoms with Gasteiger partial charge in [-0.05, 0) is 31.7 Å². The lowest BCUT2D eigenvalue weighted by Crippen LogP contribution is -2.43. The maximum absolute atomic E-state index is 13.8. The largest absolute Gasteiger partial charge is 0.493 e. The molecule has 2 fully saturated rings. The molecule has 2 saturated heterocycles. The quantitative estimate of drug-likeness (QED) is 0.904. The van der Waals surface area contributed by atoms with E-state index in [1.165, 1.54) is 7.11 Å². The molecular formula is C14H16F2O4S. The Bertz CT molecular complexity index is 666. The molecule has 0 aromatic heterocycles. The summed E-state index contributed by atoms with van der Waals surface area (Å²) in [4.78, 5) is 0. The van der Waals surface area contributed by atoms with Crippen LogP contribution in [0.25, 0.3) is 0 Å². The van der Waals surface area contributed by atoms with E-state index in [-0.39, 0.29) is 24.2 Å². The van der Waals surface area contributed by atoms with Crippen molar-refractivity contribution < 1.29 is 27.0 Å². The van der Waals surface area contributed by atoms with Crippen molar-refractivity contribution in [2.75, 3.05) is 7.11 Å². The fourth-order valence-electron chi connectivity index (χ4n) is 3.58. The second-order valence-electron chi connectivity index (χ2n) is 5.82. The van der Waals surface area contributed by atoms with Crippen LogP contribution in [0.3, 0.4) is 0 Å². The minimum absolute atomic E-state index is 0.00528. The van der Waals surface area contributed by atoms with Crippen molar-refractivity contribution in [1.29, 1.82) is 0 Å². The fourth-order valence-corrected chi connectivity index (χ4v) is 6.07. The molecule has 2 bridgehead atoms. The Labute approximate surface area is 121 Å². The second kappa shape index (κ2) is 4.64. The van der Waals surface area contributed by atoms with E-state index in [4.69, 9.17) is 4.74 Å². The highest BCUT2D eigenvalue weighted by molar-refractivity contribution is 7.93. The summed E-state index contributed by atoms with van der Waals surface area (Å²) in [7, 11) is -2.00. The van der Waals surface area contributed by atoms with Crippen LogP contribution in [-0.2, 0) is 15.4 Å². The Balaban J connectivity index is 2.09. The van der Waals surface area contributed by atoms with Gasteiger partial charge in [-0.2, -0.15) is 0 Å². The Kier molecular flexibility index (Phi) is 3.25. The monoisotopic (exact) mass is 318 g/mol. The average molecular weight is 318 g/mol. The maximum atomic E-state index is 13.8. The van der Waals surface area contributed by atoms with Gasteiger partial charge in [0, 0.05) is 11.6 Å². The third kappa shape index (κ3) is 2.14. The molecule has 0 aliphatic carbocycles. The van der Waals surface area contributed by atoms with E-state index >= 15 is 0 Å². The molecule has 116 valence electrons. The van der Waals surface area contributed by atoms with Crippen LogP contribution in [0.2, 0.25) is 0 Å². The molecule has 0 saturated carbocycles. The predicted molar refractivity (Wildman–Crippen MR) is 71.8 cm³/mol. The molecule has 1 N–H and O–H groups in total. The number of aliphatic hydroxyl groups is 1. The zero-order valence-electron chi connectivity index (χ0n) is 11.5. The van der Waals surface area contributed by atoms with Crippen LogP contribution in [0, 0.1) is 11.6 Å². The van der Waals surface area contributed by atoms with E-state index in [0.29, 0.717) is 18.9 Å². The Morgan fingerprint density at radius 2 is 1.81 bits per heavy atom. The van der Waals surface area contributed by atoms with Gasteiger partial charge in [-0.1, -0.05) is 0 Å². The summed E-state index contributed by atoms with van der Waals surface area (Å²) < 4.78 is 56.4. The lowest BCUT2D eigenvalue weighted by Gasteiger charge is -2.37. The van der Waals surface area contributed by atoms with Crippen molar-refractivity contribution in [3.8, 4) is 5.75 Å². The molecule has 21 heavy (non-hydrogen) atoms. The lowest BCUT2D eigenvalue weighted by molar-refractivity contribution is 0.0143. The van der Waals surface area contributed by atoms with Gasteiger partial charge >= 0.3 is 0 Å². The van der Waals surface area contributed by atoms with E-state index in [1.807, 2.05) is 0 Å². The van der Waals surface area contributed by atoms with Crippen LogP contribution in [0.1, 0.15) is 31.2 Å². The molecule has 2 heterocycles. The summed E-state index contributed by atoms with van der Waals surface area (Å²) in [5, 5.41) is 9.53. The smallest absolute Gasteiger partial charge is 0.168 e. The molecule has 0 spiro atoms. The minimum atomic E-state index is -3.24. The zero-order chi connectivity index (χ0) is 15.4. The maximum Gasteiger partial charge on any atom is 0.168 e. The predicted octanol–water partition coefficient (Wildman–Crippen LogP) is 1.90. The van der Waals surface area contributed by atoms with Crippen LogP contribution in [0.5, 0.6) is 5.75 Å². The van der Waals surface area contributed by atoms with E-state index in [0.717, 1.165) is 6.07 Å². The summed E-state index contributed by atoms with van der Waals surface area (Å²) in [5.74, 6) is -1.95. The topological polar surface area (TPSA) is 63.6 Å². The molecule has 0 amide bonds. The van der Waals surface area contributed by atoms with Gasteiger partial charge < -0.3 is 9.84 Å². The summed E-state index contributed by atoms with van der Waals surface area (Å²) in [5.41, 5.74) is -1.58. The summed E-state index contributed by atoms with van der Waals surface area (Å²) >= 11 is 0. The summed E-state index contributed by atoms with van der Waals surface area (Å²) in [6, 6.07) is 1.71. The number of rotatable bonds is 2.